The summed E-state index contributed by atoms with van der Waals surface area (Å²) in [4.78, 5) is 10.5. The average Bonchev–Trinajstić information content (AvgIpc) is 2.00. The molecule has 1 atom stereocenters. The fraction of sp³-hybridized carbons (Fsp3) is 0.917. The van der Waals surface area contributed by atoms with Crippen molar-refractivity contribution in [1.82, 2.24) is 0 Å². The van der Waals surface area contributed by atoms with Crippen molar-refractivity contribution in [2.24, 2.45) is 5.92 Å². The zero-order valence-electron chi connectivity index (χ0n) is 10.4. The van der Waals surface area contributed by atoms with Gasteiger partial charge in [-0.25, -0.2) is 0 Å². The molecule has 0 heterocycles. The number of rotatable bonds is 7. The molecule has 0 aromatic rings. The molecule has 0 bridgehead atoms. The first-order valence-corrected chi connectivity index (χ1v) is 5.67. The van der Waals surface area contributed by atoms with Crippen LogP contribution in [0.5, 0.6) is 0 Å². The molecule has 15 heavy (non-hydrogen) atoms. The Bertz CT molecular complexity index is 182. The molecular weight excluding hydrogens is 192 g/mol. The largest absolute Gasteiger partial charge is 0.466 e. The summed E-state index contributed by atoms with van der Waals surface area (Å²) in [5, 5.41) is 9.51. The molecule has 0 unspecified atom stereocenters. The van der Waals surface area contributed by atoms with E-state index in [4.69, 9.17) is 4.74 Å². The molecular formula is C12H24O3. The summed E-state index contributed by atoms with van der Waals surface area (Å²) in [5.74, 6) is 0.338. The molecule has 0 rings (SSSR count). The average molecular weight is 216 g/mol. The zero-order chi connectivity index (χ0) is 11.9. The SMILES string of the molecule is CC(=O)OCC[C@@H](C)CCCC(C)(C)O. The monoisotopic (exact) mass is 216 g/mol. The van der Waals surface area contributed by atoms with Crippen molar-refractivity contribution < 1.29 is 14.6 Å². The van der Waals surface area contributed by atoms with Crippen LogP contribution < -0.4 is 0 Å². The van der Waals surface area contributed by atoms with Crippen molar-refractivity contribution in [2.75, 3.05) is 6.61 Å². The molecule has 0 aromatic heterocycles. The van der Waals surface area contributed by atoms with Gasteiger partial charge in [0.1, 0.15) is 0 Å². The lowest BCUT2D eigenvalue weighted by molar-refractivity contribution is -0.141. The highest BCUT2D eigenvalue weighted by Crippen LogP contribution is 2.17. The van der Waals surface area contributed by atoms with Crippen LogP contribution in [0.3, 0.4) is 0 Å². The molecule has 0 saturated heterocycles. The predicted octanol–water partition coefficient (Wildman–Crippen LogP) is 2.52. The van der Waals surface area contributed by atoms with Crippen LogP contribution in [0.15, 0.2) is 0 Å². The maximum absolute atomic E-state index is 10.5. The summed E-state index contributed by atoms with van der Waals surface area (Å²) in [5.41, 5.74) is -0.560. The molecule has 0 amide bonds. The fourth-order valence-electron chi connectivity index (χ4n) is 1.43. The number of hydrogen-bond acceptors (Lipinski definition) is 3. The number of ether oxygens (including phenoxy) is 1. The molecule has 90 valence electrons. The lowest BCUT2D eigenvalue weighted by atomic mass is 9.95. The Hall–Kier alpha value is -0.570. The van der Waals surface area contributed by atoms with Gasteiger partial charge in [-0.15, -0.1) is 0 Å². The fourth-order valence-corrected chi connectivity index (χ4v) is 1.43. The summed E-state index contributed by atoms with van der Waals surface area (Å²) in [6.07, 6.45) is 3.83. The second kappa shape index (κ2) is 6.83. The van der Waals surface area contributed by atoms with Gasteiger partial charge in [0, 0.05) is 6.92 Å². The Balaban J connectivity index is 3.41. The zero-order valence-corrected chi connectivity index (χ0v) is 10.4. The lowest BCUT2D eigenvalue weighted by Gasteiger charge is -2.18. The molecule has 0 aliphatic rings. The first-order valence-electron chi connectivity index (χ1n) is 5.67. The highest BCUT2D eigenvalue weighted by molar-refractivity contribution is 5.65. The Morgan fingerprint density at radius 1 is 1.40 bits per heavy atom. The number of carbonyl (C=O) groups excluding carboxylic acids is 1. The maximum Gasteiger partial charge on any atom is 0.302 e. The van der Waals surface area contributed by atoms with Crippen LogP contribution in [0, 0.1) is 5.92 Å². The highest BCUT2D eigenvalue weighted by Gasteiger charge is 2.12. The van der Waals surface area contributed by atoms with Crippen molar-refractivity contribution in [2.45, 2.75) is 59.0 Å². The Morgan fingerprint density at radius 2 is 2.00 bits per heavy atom. The van der Waals surface area contributed by atoms with Crippen molar-refractivity contribution in [3.63, 3.8) is 0 Å². The molecule has 0 aliphatic heterocycles. The van der Waals surface area contributed by atoms with Crippen molar-refractivity contribution in [3.05, 3.63) is 0 Å². The minimum Gasteiger partial charge on any atom is -0.466 e. The third kappa shape index (κ3) is 11.4. The summed E-state index contributed by atoms with van der Waals surface area (Å²) < 4.78 is 4.87. The number of hydrogen-bond donors (Lipinski definition) is 1. The van der Waals surface area contributed by atoms with Gasteiger partial charge in [-0.05, 0) is 32.6 Å². The third-order valence-corrected chi connectivity index (χ3v) is 2.40. The predicted molar refractivity (Wildman–Crippen MR) is 60.6 cm³/mol. The molecule has 3 heteroatoms. The number of carbonyl (C=O) groups is 1. The minimum atomic E-state index is -0.560. The summed E-state index contributed by atoms with van der Waals surface area (Å²) in [6.45, 7) is 7.75. The van der Waals surface area contributed by atoms with Crippen LogP contribution in [0.2, 0.25) is 0 Å². The number of aliphatic hydroxyl groups is 1. The summed E-state index contributed by atoms with van der Waals surface area (Å²) in [7, 11) is 0. The van der Waals surface area contributed by atoms with E-state index in [-0.39, 0.29) is 5.97 Å². The van der Waals surface area contributed by atoms with Gasteiger partial charge in [0.05, 0.1) is 12.2 Å². The van der Waals surface area contributed by atoms with Crippen LogP contribution >= 0.6 is 0 Å². The molecule has 0 radical (unpaired) electrons. The smallest absolute Gasteiger partial charge is 0.302 e. The van der Waals surface area contributed by atoms with Gasteiger partial charge in [0.2, 0.25) is 0 Å². The van der Waals surface area contributed by atoms with E-state index in [2.05, 4.69) is 6.92 Å². The van der Waals surface area contributed by atoms with E-state index in [1.54, 1.807) is 0 Å². The molecule has 0 spiro atoms. The van der Waals surface area contributed by atoms with Gasteiger partial charge < -0.3 is 9.84 Å². The molecule has 0 aromatic carbocycles. The minimum absolute atomic E-state index is 0.210. The van der Waals surface area contributed by atoms with Crippen molar-refractivity contribution in [1.29, 1.82) is 0 Å². The van der Waals surface area contributed by atoms with E-state index in [1.165, 1.54) is 6.92 Å². The van der Waals surface area contributed by atoms with Crippen LogP contribution in [-0.4, -0.2) is 23.3 Å². The molecule has 1 N–H and O–H groups in total. The van der Waals surface area contributed by atoms with Gasteiger partial charge >= 0.3 is 5.97 Å². The number of esters is 1. The van der Waals surface area contributed by atoms with Gasteiger partial charge in [0.15, 0.2) is 0 Å². The second-order valence-electron chi connectivity index (χ2n) is 4.94. The Morgan fingerprint density at radius 3 is 2.47 bits per heavy atom. The Kier molecular flexibility index (Phi) is 6.57. The quantitative estimate of drug-likeness (QED) is 0.665. The first-order chi connectivity index (χ1) is 6.81. The summed E-state index contributed by atoms with van der Waals surface area (Å²) >= 11 is 0. The Labute approximate surface area is 92.8 Å². The van der Waals surface area contributed by atoms with E-state index in [0.29, 0.717) is 12.5 Å². The maximum atomic E-state index is 10.5. The standard InChI is InChI=1S/C12H24O3/c1-10(7-9-15-11(2)13)6-5-8-12(3,4)14/h10,14H,5-9H2,1-4H3/t10-/m0/s1. The molecule has 0 aliphatic carbocycles. The first kappa shape index (κ1) is 14.4. The molecule has 0 saturated carbocycles. The van der Waals surface area contributed by atoms with Gasteiger partial charge in [-0.3, -0.25) is 4.79 Å². The van der Waals surface area contributed by atoms with E-state index in [1.807, 2.05) is 13.8 Å². The molecule has 0 fully saturated rings. The molecule has 3 nitrogen and oxygen atoms in total. The lowest BCUT2D eigenvalue weighted by Crippen LogP contribution is -2.18. The van der Waals surface area contributed by atoms with Gasteiger partial charge in [-0.2, -0.15) is 0 Å². The highest BCUT2D eigenvalue weighted by atomic mass is 16.5. The second-order valence-corrected chi connectivity index (χ2v) is 4.94. The van der Waals surface area contributed by atoms with Crippen LogP contribution in [0.1, 0.15) is 53.4 Å². The van der Waals surface area contributed by atoms with E-state index in [0.717, 1.165) is 25.7 Å². The van der Waals surface area contributed by atoms with Crippen LogP contribution in [0.25, 0.3) is 0 Å². The van der Waals surface area contributed by atoms with Crippen LogP contribution in [-0.2, 0) is 9.53 Å². The van der Waals surface area contributed by atoms with Gasteiger partial charge in [0.25, 0.3) is 0 Å². The van der Waals surface area contributed by atoms with E-state index < -0.39 is 5.60 Å². The van der Waals surface area contributed by atoms with Gasteiger partial charge in [-0.1, -0.05) is 19.8 Å². The normalized spacial score (nSPS) is 13.7. The van der Waals surface area contributed by atoms with E-state index in [9.17, 15) is 9.90 Å². The topological polar surface area (TPSA) is 46.5 Å². The van der Waals surface area contributed by atoms with E-state index >= 15 is 0 Å². The third-order valence-electron chi connectivity index (χ3n) is 2.40. The van der Waals surface area contributed by atoms with Crippen LogP contribution in [0.4, 0.5) is 0 Å². The van der Waals surface area contributed by atoms with Crippen molar-refractivity contribution >= 4 is 5.97 Å². The summed E-state index contributed by atoms with van der Waals surface area (Å²) in [6, 6.07) is 0. The van der Waals surface area contributed by atoms with Crippen molar-refractivity contribution in [3.8, 4) is 0 Å².